The lowest BCUT2D eigenvalue weighted by Gasteiger charge is -2.40. The van der Waals surface area contributed by atoms with Crippen LogP contribution in [-0.2, 0) is 4.79 Å². The van der Waals surface area contributed by atoms with Crippen LogP contribution >= 0.6 is 0 Å². The number of benzene rings is 1. The molecule has 0 bridgehead atoms. The summed E-state index contributed by atoms with van der Waals surface area (Å²) in [6, 6.07) is 7.89. The summed E-state index contributed by atoms with van der Waals surface area (Å²) in [5.41, 5.74) is 2.12. The summed E-state index contributed by atoms with van der Waals surface area (Å²) in [7, 11) is 2.09. The molecule has 1 fully saturated rings. The Balaban J connectivity index is 2.21. The molecule has 2 unspecified atom stereocenters. The molecule has 2 rings (SSSR count). The maximum Gasteiger partial charge on any atom is 0.325 e. The van der Waals surface area contributed by atoms with Crippen LogP contribution in [0.5, 0.6) is 0 Å². The van der Waals surface area contributed by atoms with Gasteiger partial charge in [-0.1, -0.05) is 38.1 Å². The summed E-state index contributed by atoms with van der Waals surface area (Å²) in [5, 5.41) is 9.65. The van der Waals surface area contributed by atoms with E-state index in [0.29, 0.717) is 12.0 Å². The van der Waals surface area contributed by atoms with Gasteiger partial charge in [-0.15, -0.1) is 0 Å². The first-order valence-corrected chi connectivity index (χ1v) is 7.67. The van der Waals surface area contributed by atoms with Crippen LogP contribution in [0.4, 0.5) is 0 Å². The number of carbonyl (C=O) groups is 1. The van der Waals surface area contributed by atoms with Crippen LogP contribution in [0.3, 0.4) is 0 Å². The number of carboxylic acids is 1. The number of rotatable bonds is 4. The Bertz CT molecular complexity index is 484. The highest BCUT2D eigenvalue weighted by atomic mass is 16.4. The molecular weight excluding hydrogens is 264 g/mol. The van der Waals surface area contributed by atoms with Gasteiger partial charge in [0.05, 0.1) is 0 Å². The Morgan fingerprint density at radius 3 is 2.24 bits per heavy atom. The third kappa shape index (κ3) is 3.63. The first kappa shape index (κ1) is 16.0. The first-order valence-electron chi connectivity index (χ1n) is 7.67. The summed E-state index contributed by atoms with van der Waals surface area (Å²) in [6.07, 6.45) is 0. The van der Waals surface area contributed by atoms with Crippen LogP contribution in [-0.4, -0.2) is 53.6 Å². The van der Waals surface area contributed by atoms with Gasteiger partial charge in [0, 0.05) is 25.7 Å². The van der Waals surface area contributed by atoms with Gasteiger partial charge < -0.3 is 10.0 Å². The van der Waals surface area contributed by atoms with Crippen molar-refractivity contribution in [3.63, 3.8) is 0 Å². The van der Waals surface area contributed by atoms with Gasteiger partial charge in [0.1, 0.15) is 6.04 Å². The minimum atomic E-state index is -0.760. The third-order valence-electron chi connectivity index (χ3n) is 4.51. The van der Waals surface area contributed by atoms with Crippen molar-refractivity contribution >= 4 is 5.97 Å². The van der Waals surface area contributed by atoms with Gasteiger partial charge in [0.15, 0.2) is 0 Å². The summed E-state index contributed by atoms with van der Waals surface area (Å²) < 4.78 is 0. The van der Waals surface area contributed by atoms with Crippen LogP contribution in [0, 0.1) is 0 Å². The van der Waals surface area contributed by atoms with E-state index in [4.69, 9.17) is 0 Å². The Hall–Kier alpha value is -1.39. The Morgan fingerprint density at radius 2 is 1.76 bits per heavy atom. The van der Waals surface area contributed by atoms with E-state index in [9.17, 15) is 9.90 Å². The fraction of sp³-hybridized carbons (Fsp3) is 0.588. The van der Waals surface area contributed by atoms with Gasteiger partial charge in [-0.25, -0.2) is 0 Å². The molecule has 21 heavy (non-hydrogen) atoms. The number of likely N-dealkylation sites (N-methyl/N-ethyl adjacent to an activating group) is 1. The maximum atomic E-state index is 11.8. The van der Waals surface area contributed by atoms with Crippen LogP contribution < -0.4 is 0 Å². The molecule has 4 heteroatoms. The smallest absolute Gasteiger partial charge is 0.325 e. The fourth-order valence-corrected chi connectivity index (χ4v) is 2.88. The van der Waals surface area contributed by atoms with E-state index in [1.807, 2.05) is 12.1 Å². The highest BCUT2D eigenvalue weighted by Gasteiger charge is 2.32. The zero-order valence-electron chi connectivity index (χ0n) is 13.4. The summed E-state index contributed by atoms with van der Waals surface area (Å²) >= 11 is 0. The predicted octanol–water partition coefficient (Wildman–Crippen LogP) is 2.57. The van der Waals surface area contributed by atoms with Crippen molar-refractivity contribution in [2.45, 2.75) is 38.8 Å². The molecule has 0 spiro atoms. The average Bonchev–Trinajstić information content (AvgIpc) is 2.43. The summed E-state index contributed by atoms with van der Waals surface area (Å²) in [4.78, 5) is 16.1. The van der Waals surface area contributed by atoms with E-state index in [2.05, 4.69) is 49.8 Å². The van der Waals surface area contributed by atoms with Crippen molar-refractivity contribution in [3.05, 3.63) is 35.4 Å². The zero-order chi connectivity index (χ0) is 15.6. The molecular formula is C17H26N2O2. The second-order valence-electron chi connectivity index (χ2n) is 6.39. The van der Waals surface area contributed by atoms with E-state index >= 15 is 0 Å². The van der Waals surface area contributed by atoms with Crippen molar-refractivity contribution in [3.8, 4) is 0 Å². The van der Waals surface area contributed by atoms with Crippen LogP contribution in [0.15, 0.2) is 24.3 Å². The Kier molecular flexibility index (Phi) is 5.01. The van der Waals surface area contributed by atoms with E-state index in [0.717, 1.165) is 25.2 Å². The highest BCUT2D eigenvalue weighted by molar-refractivity contribution is 5.75. The van der Waals surface area contributed by atoms with Gasteiger partial charge >= 0.3 is 5.97 Å². The van der Waals surface area contributed by atoms with Gasteiger partial charge in [0.2, 0.25) is 0 Å². The van der Waals surface area contributed by atoms with E-state index in [-0.39, 0.29) is 0 Å². The molecule has 1 aliphatic rings. The highest BCUT2D eigenvalue weighted by Crippen LogP contribution is 2.25. The van der Waals surface area contributed by atoms with Crippen molar-refractivity contribution in [2.75, 3.05) is 26.7 Å². The Labute approximate surface area is 127 Å². The average molecular weight is 290 g/mol. The summed E-state index contributed by atoms with van der Waals surface area (Å²) in [5.74, 6) is -0.296. The molecule has 2 atom stereocenters. The van der Waals surface area contributed by atoms with Crippen LogP contribution in [0.2, 0.25) is 0 Å². The largest absolute Gasteiger partial charge is 0.480 e. The quantitative estimate of drug-likeness (QED) is 0.925. The van der Waals surface area contributed by atoms with Crippen molar-refractivity contribution in [2.24, 2.45) is 0 Å². The minimum Gasteiger partial charge on any atom is -0.480 e. The molecule has 1 saturated heterocycles. The molecule has 0 radical (unpaired) electrons. The molecule has 0 saturated carbocycles. The van der Waals surface area contributed by atoms with Crippen molar-refractivity contribution < 1.29 is 9.90 Å². The van der Waals surface area contributed by atoms with E-state index < -0.39 is 12.0 Å². The molecule has 1 aromatic carbocycles. The standard InChI is InChI=1S/C17H26N2O2/c1-12(2)14-5-7-15(8-6-14)16(17(20)21)19-10-9-18(4)13(3)11-19/h5-8,12-13,16H,9-11H2,1-4H3,(H,20,21). The molecule has 1 heterocycles. The predicted molar refractivity (Wildman–Crippen MR) is 84.6 cm³/mol. The number of carboxylic acid groups (broad SMARTS) is 1. The number of hydrogen-bond donors (Lipinski definition) is 1. The second kappa shape index (κ2) is 6.58. The van der Waals surface area contributed by atoms with Gasteiger partial charge in [-0.2, -0.15) is 0 Å². The molecule has 1 N–H and O–H groups in total. The third-order valence-corrected chi connectivity index (χ3v) is 4.51. The topological polar surface area (TPSA) is 43.8 Å². The van der Waals surface area contributed by atoms with Gasteiger partial charge in [-0.05, 0) is 31.0 Å². The van der Waals surface area contributed by atoms with Crippen molar-refractivity contribution in [1.29, 1.82) is 0 Å². The monoisotopic (exact) mass is 290 g/mol. The Morgan fingerprint density at radius 1 is 1.19 bits per heavy atom. The lowest BCUT2D eigenvalue weighted by Crippen LogP contribution is -2.52. The van der Waals surface area contributed by atoms with Gasteiger partial charge in [0.25, 0.3) is 0 Å². The summed E-state index contributed by atoms with van der Waals surface area (Å²) in [6.45, 7) is 8.93. The molecule has 0 amide bonds. The number of aliphatic carboxylic acids is 1. The molecule has 1 aromatic rings. The molecule has 4 nitrogen and oxygen atoms in total. The number of nitrogens with zero attached hydrogens (tertiary/aromatic N) is 2. The fourth-order valence-electron chi connectivity index (χ4n) is 2.88. The zero-order valence-corrected chi connectivity index (χ0v) is 13.4. The minimum absolute atomic E-state index is 0.385. The number of hydrogen-bond acceptors (Lipinski definition) is 3. The second-order valence-corrected chi connectivity index (χ2v) is 6.39. The molecule has 0 aliphatic carbocycles. The van der Waals surface area contributed by atoms with E-state index in [1.54, 1.807) is 0 Å². The molecule has 0 aromatic heterocycles. The number of piperazine rings is 1. The first-order chi connectivity index (χ1) is 9.90. The van der Waals surface area contributed by atoms with Crippen molar-refractivity contribution in [1.82, 2.24) is 9.80 Å². The van der Waals surface area contributed by atoms with Crippen LogP contribution in [0.1, 0.15) is 43.9 Å². The molecule has 116 valence electrons. The van der Waals surface area contributed by atoms with E-state index in [1.165, 1.54) is 5.56 Å². The lowest BCUT2D eigenvalue weighted by atomic mass is 9.97. The van der Waals surface area contributed by atoms with Crippen LogP contribution in [0.25, 0.3) is 0 Å². The lowest BCUT2D eigenvalue weighted by molar-refractivity contribution is -0.144. The molecule has 1 aliphatic heterocycles. The normalized spacial score (nSPS) is 22.4. The maximum absolute atomic E-state index is 11.8. The van der Waals surface area contributed by atoms with Gasteiger partial charge in [-0.3, -0.25) is 9.69 Å². The SMILES string of the molecule is CC(C)c1ccc(C(C(=O)O)N2CCN(C)C(C)C2)cc1.